The van der Waals surface area contributed by atoms with E-state index in [2.05, 4.69) is 5.32 Å². The third-order valence-electron chi connectivity index (χ3n) is 4.98. The average molecular weight is 475 g/mol. The maximum absolute atomic E-state index is 12.7. The van der Waals surface area contributed by atoms with Gasteiger partial charge in [-0.2, -0.15) is 4.31 Å². The lowest BCUT2D eigenvalue weighted by Gasteiger charge is -2.26. The molecule has 0 unspecified atom stereocenters. The molecule has 1 aliphatic heterocycles. The lowest BCUT2D eigenvalue weighted by atomic mass is 10.2. The Bertz CT molecular complexity index is 1250. The topological polar surface area (TPSA) is 102 Å². The van der Waals surface area contributed by atoms with Crippen LogP contribution in [-0.2, 0) is 19.5 Å². The van der Waals surface area contributed by atoms with Gasteiger partial charge in [0.25, 0.3) is 5.91 Å². The number of sulfonamides is 1. The van der Waals surface area contributed by atoms with Crippen molar-refractivity contribution in [1.29, 1.82) is 0 Å². The van der Waals surface area contributed by atoms with Crippen molar-refractivity contribution in [3.8, 4) is 0 Å². The summed E-state index contributed by atoms with van der Waals surface area (Å²) in [6.45, 7) is 3.43. The van der Waals surface area contributed by atoms with Crippen LogP contribution < -0.4 is 5.32 Å². The van der Waals surface area contributed by atoms with Crippen molar-refractivity contribution in [2.24, 2.45) is 0 Å². The highest BCUT2D eigenvalue weighted by Crippen LogP contribution is 2.29. The second kappa shape index (κ2) is 9.37. The van der Waals surface area contributed by atoms with Crippen LogP contribution in [0, 0.1) is 0 Å². The minimum Gasteiger partial charge on any atom is -0.462 e. The summed E-state index contributed by atoms with van der Waals surface area (Å²) in [5, 5.41) is 3.63. The van der Waals surface area contributed by atoms with Gasteiger partial charge in [0, 0.05) is 29.0 Å². The molecule has 1 aromatic heterocycles. The van der Waals surface area contributed by atoms with Gasteiger partial charge in [-0.25, -0.2) is 13.2 Å². The van der Waals surface area contributed by atoms with Crippen molar-refractivity contribution in [2.75, 3.05) is 38.2 Å². The van der Waals surface area contributed by atoms with E-state index in [9.17, 15) is 18.0 Å². The van der Waals surface area contributed by atoms with Crippen LogP contribution in [0.25, 0.3) is 10.1 Å². The largest absolute Gasteiger partial charge is 0.462 e. The predicted octanol–water partition coefficient (Wildman–Crippen LogP) is 3.35. The van der Waals surface area contributed by atoms with E-state index in [0.29, 0.717) is 49.0 Å². The lowest BCUT2D eigenvalue weighted by molar-refractivity contribution is 0.0532. The number of amides is 1. The summed E-state index contributed by atoms with van der Waals surface area (Å²) in [6.07, 6.45) is 0. The van der Waals surface area contributed by atoms with Crippen LogP contribution in [0.5, 0.6) is 0 Å². The Morgan fingerprint density at radius 3 is 2.50 bits per heavy atom. The zero-order valence-corrected chi connectivity index (χ0v) is 19.0. The first kappa shape index (κ1) is 22.4. The molecule has 1 N–H and O–H groups in total. The molecule has 8 nitrogen and oxygen atoms in total. The Morgan fingerprint density at radius 1 is 1.09 bits per heavy atom. The SMILES string of the molecule is CCOC(=O)c1cc2cc(NC(=O)c3ccc(S(=O)(=O)N4CCOCC4)cc3)ccc2s1. The Labute approximate surface area is 189 Å². The number of nitrogens with one attached hydrogen (secondary N) is 1. The number of rotatable bonds is 6. The van der Waals surface area contributed by atoms with Crippen LogP contribution in [0.3, 0.4) is 0 Å². The molecule has 1 fully saturated rings. The Hall–Kier alpha value is -2.79. The number of fused-ring (bicyclic) bond motifs is 1. The van der Waals surface area contributed by atoms with Crippen LogP contribution >= 0.6 is 11.3 Å². The van der Waals surface area contributed by atoms with E-state index >= 15 is 0 Å². The molecule has 0 bridgehead atoms. The highest BCUT2D eigenvalue weighted by atomic mass is 32.2. The zero-order valence-electron chi connectivity index (χ0n) is 17.4. The normalized spacial score (nSPS) is 14.9. The van der Waals surface area contributed by atoms with Gasteiger partial charge in [-0.05, 0) is 60.8 Å². The van der Waals surface area contributed by atoms with Gasteiger partial charge in [0.05, 0.1) is 24.7 Å². The minimum absolute atomic E-state index is 0.141. The molecule has 0 radical (unpaired) electrons. The smallest absolute Gasteiger partial charge is 0.348 e. The number of carbonyl (C=O) groups is 2. The van der Waals surface area contributed by atoms with Crippen LogP contribution in [0.1, 0.15) is 27.0 Å². The number of carbonyl (C=O) groups excluding carboxylic acids is 2. The molecular weight excluding hydrogens is 452 g/mol. The molecule has 4 rings (SSSR count). The molecule has 32 heavy (non-hydrogen) atoms. The third kappa shape index (κ3) is 4.68. The first-order valence-corrected chi connectivity index (χ1v) is 12.3. The highest BCUT2D eigenvalue weighted by molar-refractivity contribution is 7.89. The molecule has 0 saturated carbocycles. The summed E-state index contributed by atoms with van der Waals surface area (Å²) in [6, 6.07) is 13.0. The monoisotopic (exact) mass is 474 g/mol. The second-order valence-corrected chi connectivity index (χ2v) is 10.1. The van der Waals surface area contributed by atoms with E-state index in [0.717, 1.165) is 10.1 Å². The molecule has 2 heterocycles. The maximum atomic E-state index is 12.7. The quantitative estimate of drug-likeness (QED) is 0.550. The fourth-order valence-electron chi connectivity index (χ4n) is 3.34. The van der Waals surface area contributed by atoms with Crippen molar-refractivity contribution in [1.82, 2.24) is 4.31 Å². The molecule has 3 aromatic rings. The van der Waals surface area contributed by atoms with E-state index in [1.165, 1.54) is 39.9 Å². The number of hydrogen-bond donors (Lipinski definition) is 1. The van der Waals surface area contributed by atoms with Gasteiger partial charge in [-0.3, -0.25) is 4.79 Å². The highest BCUT2D eigenvalue weighted by Gasteiger charge is 2.26. The van der Waals surface area contributed by atoms with Crippen LogP contribution in [0.15, 0.2) is 53.4 Å². The van der Waals surface area contributed by atoms with E-state index < -0.39 is 10.0 Å². The van der Waals surface area contributed by atoms with E-state index in [-0.39, 0.29) is 16.8 Å². The minimum atomic E-state index is -3.61. The van der Waals surface area contributed by atoms with Gasteiger partial charge >= 0.3 is 5.97 Å². The standard InChI is InChI=1S/C22H22N2O6S2/c1-2-30-22(26)20-14-16-13-17(5-8-19(16)31-20)23-21(25)15-3-6-18(7-4-15)32(27,28)24-9-11-29-12-10-24/h3-8,13-14H,2,9-12H2,1H3,(H,23,25). The molecule has 0 atom stereocenters. The van der Waals surface area contributed by atoms with Crippen molar-refractivity contribution < 1.29 is 27.5 Å². The number of anilines is 1. The maximum Gasteiger partial charge on any atom is 0.348 e. The Kier molecular flexibility index (Phi) is 6.56. The summed E-state index contributed by atoms with van der Waals surface area (Å²) in [5.41, 5.74) is 0.907. The first-order valence-electron chi connectivity index (χ1n) is 10.1. The van der Waals surface area contributed by atoms with Gasteiger partial charge in [0.1, 0.15) is 4.88 Å². The molecule has 1 amide bonds. The molecule has 10 heteroatoms. The molecule has 0 aliphatic carbocycles. The number of nitrogens with zero attached hydrogens (tertiary/aromatic N) is 1. The fraction of sp³-hybridized carbons (Fsp3) is 0.273. The zero-order chi connectivity index (χ0) is 22.7. The predicted molar refractivity (Wildman–Crippen MR) is 122 cm³/mol. The molecule has 2 aromatic carbocycles. The summed E-state index contributed by atoms with van der Waals surface area (Å²) in [7, 11) is -3.61. The van der Waals surface area contributed by atoms with Crippen LogP contribution in [0.2, 0.25) is 0 Å². The first-order chi connectivity index (χ1) is 15.4. The average Bonchev–Trinajstić information content (AvgIpc) is 3.23. The number of esters is 1. The number of ether oxygens (including phenoxy) is 2. The van der Waals surface area contributed by atoms with Crippen molar-refractivity contribution in [3.05, 3.63) is 59.0 Å². The van der Waals surface area contributed by atoms with Crippen molar-refractivity contribution in [2.45, 2.75) is 11.8 Å². The summed E-state index contributed by atoms with van der Waals surface area (Å²) in [4.78, 5) is 25.2. The van der Waals surface area contributed by atoms with E-state index in [1.54, 1.807) is 25.1 Å². The van der Waals surface area contributed by atoms with Gasteiger partial charge < -0.3 is 14.8 Å². The number of hydrogen-bond acceptors (Lipinski definition) is 7. The third-order valence-corrected chi connectivity index (χ3v) is 7.98. The number of morpholine rings is 1. The summed E-state index contributed by atoms with van der Waals surface area (Å²) < 4.78 is 38.0. The number of benzene rings is 2. The molecular formula is C22H22N2O6S2. The second-order valence-electron chi connectivity index (χ2n) is 7.08. The van der Waals surface area contributed by atoms with Gasteiger partial charge in [0.2, 0.25) is 10.0 Å². The van der Waals surface area contributed by atoms with Crippen LogP contribution in [-0.4, -0.2) is 57.5 Å². The van der Waals surface area contributed by atoms with Gasteiger partial charge in [0.15, 0.2) is 0 Å². The summed E-state index contributed by atoms with van der Waals surface area (Å²) >= 11 is 1.33. The van der Waals surface area contributed by atoms with E-state index in [1.807, 2.05) is 6.07 Å². The van der Waals surface area contributed by atoms with E-state index in [4.69, 9.17) is 9.47 Å². The summed E-state index contributed by atoms with van der Waals surface area (Å²) in [5.74, 6) is -0.730. The van der Waals surface area contributed by atoms with Crippen molar-refractivity contribution >= 4 is 49.0 Å². The Morgan fingerprint density at radius 2 is 1.81 bits per heavy atom. The molecule has 1 aliphatic rings. The van der Waals surface area contributed by atoms with Gasteiger partial charge in [-0.15, -0.1) is 11.3 Å². The van der Waals surface area contributed by atoms with Gasteiger partial charge in [-0.1, -0.05) is 0 Å². The number of thiophene rings is 1. The molecule has 168 valence electrons. The van der Waals surface area contributed by atoms with Crippen molar-refractivity contribution in [3.63, 3.8) is 0 Å². The fourth-order valence-corrected chi connectivity index (χ4v) is 5.69. The Balaban J connectivity index is 1.47. The van der Waals surface area contributed by atoms with Crippen LogP contribution in [0.4, 0.5) is 5.69 Å². The molecule has 0 spiro atoms. The molecule has 1 saturated heterocycles. The lowest BCUT2D eigenvalue weighted by Crippen LogP contribution is -2.40.